The SMILES string of the molecule is CC(=O)C(C)(C)CC(C)(C)C(=O)NC1=C/C=C\C=C/C=C\1. The average molecular weight is 287 g/mol. The van der Waals surface area contributed by atoms with Crippen molar-refractivity contribution in [2.24, 2.45) is 10.8 Å². The van der Waals surface area contributed by atoms with Gasteiger partial charge in [-0.15, -0.1) is 0 Å². The van der Waals surface area contributed by atoms with Crippen LogP contribution in [0, 0.1) is 10.8 Å². The minimum absolute atomic E-state index is 0.0781. The Morgan fingerprint density at radius 1 is 0.952 bits per heavy atom. The minimum Gasteiger partial charge on any atom is -0.326 e. The molecule has 1 aliphatic rings. The third kappa shape index (κ3) is 5.18. The molecule has 0 aromatic rings. The number of ketones is 1. The van der Waals surface area contributed by atoms with Gasteiger partial charge >= 0.3 is 0 Å². The third-order valence-electron chi connectivity index (χ3n) is 3.71. The molecule has 0 radical (unpaired) electrons. The third-order valence-corrected chi connectivity index (χ3v) is 3.71. The molecule has 1 rings (SSSR count). The normalized spacial score (nSPS) is 22.2. The van der Waals surface area contributed by atoms with Gasteiger partial charge in [0.2, 0.25) is 5.91 Å². The number of carbonyl (C=O) groups is 2. The standard InChI is InChI=1S/C18H25NO2/c1-14(20)17(2,3)13-18(4,5)16(21)19-15-11-9-7-6-8-10-12-15/h6-12H,13H2,1-5H3,(H,19,21)/b7-6-,8-6?,9-7?,10-8-,11-9-,12-10?,15-11?,15-12+. The lowest BCUT2D eigenvalue weighted by Crippen LogP contribution is -2.40. The lowest BCUT2D eigenvalue weighted by Gasteiger charge is -2.32. The monoisotopic (exact) mass is 287 g/mol. The molecular formula is C18H25NO2. The van der Waals surface area contributed by atoms with Crippen molar-refractivity contribution in [3.05, 3.63) is 48.2 Å². The van der Waals surface area contributed by atoms with Crippen LogP contribution in [0.25, 0.3) is 0 Å². The van der Waals surface area contributed by atoms with Crippen LogP contribution < -0.4 is 5.32 Å². The number of carbonyl (C=O) groups excluding carboxylic acids is 2. The highest BCUT2D eigenvalue weighted by Crippen LogP contribution is 2.34. The van der Waals surface area contributed by atoms with E-state index in [4.69, 9.17) is 0 Å². The van der Waals surface area contributed by atoms with Gasteiger partial charge in [-0.05, 0) is 25.5 Å². The Kier molecular flexibility index (Phi) is 5.47. The molecule has 1 aliphatic carbocycles. The molecule has 0 fully saturated rings. The van der Waals surface area contributed by atoms with E-state index in [-0.39, 0.29) is 11.7 Å². The fourth-order valence-electron chi connectivity index (χ4n) is 2.26. The Hall–Kier alpha value is -1.90. The molecule has 1 amide bonds. The van der Waals surface area contributed by atoms with Gasteiger partial charge in [-0.25, -0.2) is 0 Å². The van der Waals surface area contributed by atoms with Crippen molar-refractivity contribution >= 4 is 11.7 Å². The molecule has 0 aliphatic heterocycles. The molecule has 0 bridgehead atoms. The summed E-state index contributed by atoms with van der Waals surface area (Å²) in [5.41, 5.74) is -0.380. The first-order chi connectivity index (χ1) is 9.65. The summed E-state index contributed by atoms with van der Waals surface area (Å²) in [5.74, 6) is 0.0205. The van der Waals surface area contributed by atoms with E-state index in [0.29, 0.717) is 6.42 Å². The molecule has 21 heavy (non-hydrogen) atoms. The van der Waals surface area contributed by atoms with Gasteiger partial charge in [0.15, 0.2) is 0 Å². The Balaban J connectivity index is 2.80. The summed E-state index contributed by atoms with van der Waals surface area (Å²) in [6, 6.07) is 0. The lowest BCUT2D eigenvalue weighted by molar-refractivity contribution is -0.133. The van der Waals surface area contributed by atoms with Gasteiger partial charge in [-0.2, -0.15) is 0 Å². The van der Waals surface area contributed by atoms with Crippen LogP contribution in [0.15, 0.2) is 48.2 Å². The van der Waals surface area contributed by atoms with E-state index < -0.39 is 10.8 Å². The van der Waals surface area contributed by atoms with Crippen LogP contribution in [-0.2, 0) is 9.59 Å². The topological polar surface area (TPSA) is 46.2 Å². The van der Waals surface area contributed by atoms with Crippen molar-refractivity contribution in [2.45, 2.75) is 41.0 Å². The maximum Gasteiger partial charge on any atom is 0.230 e. The summed E-state index contributed by atoms with van der Waals surface area (Å²) < 4.78 is 0. The zero-order valence-electron chi connectivity index (χ0n) is 13.6. The van der Waals surface area contributed by atoms with Gasteiger partial charge < -0.3 is 5.32 Å². The second-order valence-corrected chi connectivity index (χ2v) is 6.71. The molecule has 0 heterocycles. The van der Waals surface area contributed by atoms with E-state index in [0.717, 1.165) is 5.70 Å². The Labute approximate surface area is 127 Å². The van der Waals surface area contributed by atoms with Crippen molar-refractivity contribution in [3.8, 4) is 0 Å². The van der Waals surface area contributed by atoms with Crippen LogP contribution >= 0.6 is 0 Å². The largest absolute Gasteiger partial charge is 0.326 e. The van der Waals surface area contributed by atoms with Crippen LogP contribution in [0.4, 0.5) is 0 Å². The van der Waals surface area contributed by atoms with Crippen LogP contribution in [0.3, 0.4) is 0 Å². The van der Waals surface area contributed by atoms with E-state index in [2.05, 4.69) is 5.32 Å². The predicted molar refractivity (Wildman–Crippen MR) is 86.5 cm³/mol. The highest BCUT2D eigenvalue weighted by Gasteiger charge is 2.37. The van der Waals surface area contributed by atoms with Crippen LogP contribution in [0.1, 0.15) is 41.0 Å². The van der Waals surface area contributed by atoms with Crippen LogP contribution in [0.2, 0.25) is 0 Å². The average Bonchev–Trinajstić information content (AvgIpc) is 2.30. The molecule has 3 heteroatoms. The minimum atomic E-state index is -0.619. The smallest absolute Gasteiger partial charge is 0.230 e. The quantitative estimate of drug-likeness (QED) is 0.838. The summed E-state index contributed by atoms with van der Waals surface area (Å²) in [7, 11) is 0. The molecule has 0 atom stereocenters. The number of allylic oxidation sites excluding steroid dienone is 7. The molecule has 0 aromatic carbocycles. The number of amides is 1. The predicted octanol–water partition coefficient (Wildman–Crippen LogP) is 3.70. The van der Waals surface area contributed by atoms with E-state index in [1.165, 1.54) is 0 Å². The van der Waals surface area contributed by atoms with Gasteiger partial charge in [-0.3, -0.25) is 9.59 Å². The second-order valence-electron chi connectivity index (χ2n) is 6.71. The van der Waals surface area contributed by atoms with Gasteiger partial charge in [0, 0.05) is 16.5 Å². The zero-order chi connectivity index (χ0) is 16.1. The first-order valence-electron chi connectivity index (χ1n) is 7.19. The lowest BCUT2D eigenvalue weighted by atomic mass is 9.72. The van der Waals surface area contributed by atoms with Crippen LogP contribution in [0.5, 0.6) is 0 Å². The van der Waals surface area contributed by atoms with E-state index >= 15 is 0 Å². The molecule has 0 unspecified atom stereocenters. The molecule has 1 N–H and O–H groups in total. The van der Waals surface area contributed by atoms with Gasteiger partial charge in [0.25, 0.3) is 0 Å². The highest BCUT2D eigenvalue weighted by atomic mass is 16.2. The summed E-state index contributed by atoms with van der Waals surface area (Å²) in [6.45, 7) is 9.08. The van der Waals surface area contributed by atoms with Crippen molar-refractivity contribution in [1.29, 1.82) is 0 Å². The first kappa shape index (κ1) is 17.2. The molecule has 0 aromatic heterocycles. The van der Waals surface area contributed by atoms with Crippen molar-refractivity contribution in [2.75, 3.05) is 0 Å². The summed E-state index contributed by atoms with van der Waals surface area (Å²) in [6.07, 6.45) is 13.7. The van der Waals surface area contributed by atoms with Crippen LogP contribution in [-0.4, -0.2) is 11.7 Å². The molecule has 0 spiro atoms. The number of hydrogen-bond acceptors (Lipinski definition) is 2. The van der Waals surface area contributed by atoms with E-state index in [1.807, 2.05) is 70.2 Å². The number of nitrogens with one attached hydrogen (secondary N) is 1. The molecule has 0 saturated heterocycles. The molecule has 114 valence electrons. The van der Waals surface area contributed by atoms with Crippen molar-refractivity contribution in [1.82, 2.24) is 5.32 Å². The number of rotatable bonds is 5. The maximum absolute atomic E-state index is 12.5. The van der Waals surface area contributed by atoms with E-state index in [1.54, 1.807) is 6.92 Å². The Bertz CT molecular complexity index is 531. The molecule has 0 saturated carbocycles. The summed E-state index contributed by atoms with van der Waals surface area (Å²) in [4.78, 5) is 24.2. The van der Waals surface area contributed by atoms with Crippen molar-refractivity contribution in [3.63, 3.8) is 0 Å². The van der Waals surface area contributed by atoms with Crippen molar-refractivity contribution < 1.29 is 9.59 Å². The first-order valence-corrected chi connectivity index (χ1v) is 7.19. The second kappa shape index (κ2) is 6.70. The fraction of sp³-hybridized carbons (Fsp3) is 0.444. The van der Waals surface area contributed by atoms with Gasteiger partial charge in [0.1, 0.15) is 5.78 Å². The number of hydrogen-bond donors (Lipinski definition) is 1. The number of Topliss-reactive ketones (excluding diaryl/α,β-unsaturated/α-hetero) is 1. The molecule has 3 nitrogen and oxygen atoms in total. The Morgan fingerprint density at radius 2 is 1.52 bits per heavy atom. The van der Waals surface area contributed by atoms with E-state index in [9.17, 15) is 9.59 Å². The maximum atomic E-state index is 12.5. The van der Waals surface area contributed by atoms with Gasteiger partial charge in [0.05, 0.1) is 0 Å². The van der Waals surface area contributed by atoms with Gasteiger partial charge in [-0.1, -0.05) is 58.1 Å². The molecular weight excluding hydrogens is 262 g/mol. The Morgan fingerprint density at radius 3 is 2.14 bits per heavy atom. The summed E-state index contributed by atoms with van der Waals surface area (Å²) in [5, 5.41) is 2.93. The zero-order valence-corrected chi connectivity index (χ0v) is 13.6. The summed E-state index contributed by atoms with van der Waals surface area (Å²) >= 11 is 0. The fourth-order valence-corrected chi connectivity index (χ4v) is 2.26. The highest BCUT2D eigenvalue weighted by molar-refractivity contribution is 5.86.